The highest BCUT2D eigenvalue weighted by Gasteiger charge is 1.85. The van der Waals surface area contributed by atoms with Crippen molar-refractivity contribution in [3.8, 4) is 11.8 Å². The Hall–Kier alpha value is -0.870. The van der Waals surface area contributed by atoms with E-state index in [9.17, 15) is 0 Å². The molecule has 0 heterocycles. The molecule has 0 saturated heterocycles. The summed E-state index contributed by atoms with van der Waals surface area (Å²) < 4.78 is 0. The maximum absolute atomic E-state index is 3.82. The molecule has 0 aliphatic rings. The van der Waals surface area contributed by atoms with E-state index >= 15 is 0 Å². The molecule has 0 aliphatic heterocycles. The third-order valence-electron chi connectivity index (χ3n) is 1.57. The summed E-state index contributed by atoms with van der Waals surface area (Å²) in [6, 6.07) is 7.98. The lowest BCUT2D eigenvalue weighted by atomic mass is 10.2. The molecule has 0 N–H and O–H groups in total. The molecule has 67 valence electrons. The van der Waals surface area contributed by atoms with Crippen LogP contribution in [-0.4, -0.2) is 11.5 Å². The maximum atomic E-state index is 3.82. The van der Waals surface area contributed by atoms with Crippen LogP contribution < -0.4 is 0 Å². The fourth-order valence-electron chi connectivity index (χ4n) is 0.879. The molecule has 0 nitrogen and oxygen atoms in total. The van der Waals surface area contributed by atoms with Gasteiger partial charge in [-0.3, -0.25) is 0 Å². The minimum atomic E-state index is 0.919. The molecule has 1 aromatic carbocycles. The molecule has 0 bridgehead atoms. The lowest BCUT2D eigenvalue weighted by Crippen LogP contribution is -1.77. The van der Waals surface area contributed by atoms with Crippen molar-refractivity contribution in [2.75, 3.05) is 11.5 Å². The highest BCUT2D eigenvalue weighted by molar-refractivity contribution is 7.99. The number of rotatable bonds is 2. The topological polar surface area (TPSA) is 0 Å². The smallest absolute Gasteiger partial charge is 0.0551 e. The molecule has 1 aromatic rings. The zero-order valence-corrected chi connectivity index (χ0v) is 8.66. The quantitative estimate of drug-likeness (QED) is 0.509. The Morgan fingerprint density at radius 1 is 1.31 bits per heavy atom. The molecule has 0 spiro atoms. The molecule has 13 heavy (non-hydrogen) atoms. The average molecular weight is 189 g/mol. The van der Waals surface area contributed by atoms with Gasteiger partial charge in [0.2, 0.25) is 0 Å². The number of benzene rings is 1. The molecule has 0 fully saturated rings. The van der Waals surface area contributed by atoms with Crippen LogP contribution in [0.2, 0.25) is 0 Å². The van der Waals surface area contributed by atoms with Crippen molar-refractivity contribution in [3.05, 3.63) is 42.3 Å². The highest BCUT2D eigenvalue weighted by atomic mass is 32.2. The summed E-state index contributed by atoms with van der Waals surface area (Å²) in [6.45, 7) is 5.96. The second-order valence-corrected chi connectivity index (χ2v) is 3.91. The fraction of sp³-hybridized carbons (Fsp3) is 0.250. The third-order valence-corrected chi connectivity index (χ3v) is 2.32. The van der Waals surface area contributed by atoms with Crippen LogP contribution in [0.4, 0.5) is 0 Å². The van der Waals surface area contributed by atoms with E-state index in [-0.39, 0.29) is 0 Å². The van der Waals surface area contributed by atoms with E-state index in [1.54, 1.807) is 0 Å². The average Bonchev–Trinajstić information content (AvgIpc) is 2.15. The van der Waals surface area contributed by atoms with Crippen LogP contribution in [0, 0.1) is 18.8 Å². The lowest BCUT2D eigenvalue weighted by Gasteiger charge is -1.91. The summed E-state index contributed by atoms with van der Waals surface area (Å²) in [5.74, 6) is 8.27. The van der Waals surface area contributed by atoms with E-state index in [1.807, 2.05) is 36.0 Å². The molecule has 0 amide bonds. The Morgan fingerprint density at radius 2 is 2.00 bits per heavy atom. The van der Waals surface area contributed by atoms with E-state index in [0.717, 1.165) is 22.6 Å². The molecule has 0 unspecified atom stereocenters. The first-order valence-corrected chi connectivity index (χ1v) is 5.47. The zero-order chi connectivity index (χ0) is 9.52. The van der Waals surface area contributed by atoms with Crippen molar-refractivity contribution in [1.29, 1.82) is 0 Å². The molecule has 1 heteroatoms. The Morgan fingerprint density at radius 3 is 2.62 bits per heavy atom. The van der Waals surface area contributed by atoms with E-state index in [1.165, 1.54) is 0 Å². The van der Waals surface area contributed by atoms with Gasteiger partial charge in [0.05, 0.1) is 5.75 Å². The summed E-state index contributed by atoms with van der Waals surface area (Å²) >= 11 is 1.84. The van der Waals surface area contributed by atoms with E-state index < -0.39 is 0 Å². The zero-order valence-electron chi connectivity index (χ0n) is 7.84. The summed E-state index contributed by atoms with van der Waals surface area (Å²) in [7, 11) is 0. The van der Waals surface area contributed by atoms with E-state index in [2.05, 4.69) is 25.7 Å². The molecule has 1 radical (unpaired) electrons. The first-order chi connectivity index (χ1) is 6.33. The van der Waals surface area contributed by atoms with Gasteiger partial charge in [0.1, 0.15) is 0 Å². The van der Waals surface area contributed by atoms with Gasteiger partial charge < -0.3 is 0 Å². The predicted octanol–water partition coefficient (Wildman–Crippen LogP) is 2.97. The molecule has 0 saturated carbocycles. The van der Waals surface area contributed by atoms with Gasteiger partial charge in [0.25, 0.3) is 0 Å². The van der Waals surface area contributed by atoms with Crippen LogP contribution >= 0.6 is 11.8 Å². The third kappa shape index (κ3) is 4.05. The van der Waals surface area contributed by atoms with Crippen molar-refractivity contribution in [2.45, 2.75) is 6.92 Å². The lowest BCUT2D eigenvalue weighted by molar-refractivity contribution is 1.52. The molecular formula is C12H13S. The Kier molecular flexibility index (Phi) is 4.49. The van der Waals surface area contributed by atoms with Crippen LogP contribution in [0.15, 0.2) is 24.3 Å². The number of hydrogen-bond donors (Lipinski definition) is 0. The van der Waals surface area contributed by atoms with Gasteiger partial charge in [-0.2, -0.15) is 0 Å². The fourth-order valence-corrected chi connectivity index (χ4v) is 1.26. The highest BCUT2D eigenvalue weighted by Crippen LogP contribution is 2.01. The van der Waals surface area contributed by atoms with Gasteiger partial charge in [-0.05, 0) is 30.4 Å². The van der Waals surface area contributed by atoms with Crippen molar-refractivity contribution in [3.63, 3.8) is 0 Å². The molecule has 0 aromatic heterocycles. The predicted molar refractivity (Wildman–Crippen MR) is 60.8 cm³/mol. The van der Waals surface area contributed by atoms with Crippen LogP contribution in [0.25, 0.3) is 0 Å². The first-order valence-electron chi connectivity index (χ1n) is 4.31. The summed E-state index contributed by atoms with van der Waals surface area (Å²) in [5.41, 5.74) is 2.11. The standard InChI is InChI=1S/C12H13S/c1-3-13-10-4-5-12-8-6-11(2)7-9-12/h6-9H,2-3,10H2,1H3. The maximum Gasteiger partial charge on any atom is 0.0551 e. The normalized spacial score (nSPS) is 9.08. The second-order valence-electron chi connectivity index (χ2n) is 2.64. The number of thioether (sulfide) groups is 1. The van der Waals surface area contributed by atoms with Crippen molar-refractivity contribution in [1.82, 2.24) is 0 Å². The molecule has 0 atom stereocenters. The second kappa shape index (κ2) is 5.72. The van der Waals surface area contributed by atoms with Gasteiger partial charge in [-0.1, -0.05) is 30.9 Å². The SMILES string of the molecule is [CH2]c1ccc(C#CCSCC)cc1. The minimum Gasteiger partial charge on any atom is -0.149 e. The molecule has 0 aliphatic carbocycles. The van der Waals surface area contributed by atoms with Gasteiger partial charge >= 0.3 is 0 Å². The molecular weight excluding hydrogens is 176 g/mol. The monoisotopic (exact) mass is 189 g/mol. The Labute approximate surface area is 84.7 Å². The summed E-state index contributed by atoms with van der Waals surface area (Å²) in [5, 5.41) is 0. The Bertz CT molecular complexity index is 300. The van der Waals surface area contributed by atoms with E-state index in [0.29, 0.717) is 0 Å². The summed E-state index contributed by atoms with van der Waals surface area (Å²) in [4.78, 5) is 0. The largest absolute Gasteiger partial charge is 0.149 e. The van der Waals surface area contributed by atoms with Gasteiger partial charge in [0, 0.05) is 5.56 Å². The van der Waals surface area contributed by atoms with Gasteiger partial charge in [0.15, 0.2) is 0 Å². The van der Waals surface area contributed by atoms with Crippen molar-refractivity contribution in [2.24, 2.45) is 0 Å². The molecule has 1 rings (SSSR count). The van der Waals surface area contributed by atoms with Crippen LogP contribution in [0.5, 0.6) is 0 Å². The van der Waals surface area contributed by atoms with Crippen LogP contribution in [0.3, 0.4) is 0 Å². The van der Waals surface area contributed by atoms with Crippen molar-refractivity contribution >= 4 is 11.8 Å². The Balaban J connectivity index is 2.52. The number of hydrogen-bond acceptors (Lipinski definition) is 1. The van der Waals surface area contributed by atoms with Gasteiger partial charge in [-0.15, -0.1) is 11.8 Å². The van der Waals surface area contributed by atoms with Gasteiger partial charge in [-0.25, -0.2) is 0 Å². The van der Waals surface area contributed by atoms with Crippen LogP contribution in [0.1, 0.15) is 18.1 Å². The van der Waals surface area contributed by atoms with Crippen molar-refractivity contribution < 1.29 is 0 Å². The van der Waals surface area contributed by atoms with Crippen LogP contribution in [-0.2, 0) is 0 Å². The first kappa shape index (κ1) is 10.2. The van der Waals surface area contributed by atoms with E-state index in [4.69, 9.17) is 0 Å². The minimum absolute atomic E-state index is 0.919. The summed E-state index contributed by atoms with van der Waals surface area (Å²) in [6.07, 6.45) is 0.